The summed E-state index contributed by atoms with van der Waals surface area (Å²) in [4.78, 5) is 0. The predicted octanol–water partition coefficient (Wildman–Crippen LogP) is -47.1. The Kier molecular flexibility index (Phi) is 10300. The van der Waals surface area contributed by atoms with Crippen LogP contribution in [0.2, 0.25) is 0 Å². The third-order valence-electron chi connectivity index (χ3n) is 0. The van der Waals surface area contributed by atoms with E-state index in [1.807, 2.05) is 0 Å². The monoisotopic (exact) mass is 1060 g/mol. The van der Waals surface area contributed by atoms with Crippen LogP contribution in [0, 0.1) is 0 Å². The van der Waals surface area contributed by atoms with Gasteiger partial charge in [-0.1, -0.05) is 0 Å². The van der Waals surface area contributed by atoms with Crippen LogP contribution in [0.5, 0.6) is 0 Å². The van der Waals surface area contributed by atoms with Gasteiger partial charge in [-0.2, -0.15) is 0 Å². The van der Waals surface area contributed by atoms with E-state index in [9.17, 15) is 0 Å². The molecule has 0 saturated carbocycles. The van der Waals surface area contributed by atoms with Crippen LogP contribution in [-0.4, -0.2) is 0 Å². The second kappa shape index (κ2) is 663. The first-order chi connectivity index (χ1) is 0. The summed E-state index contributed by atoms with van der Waals surface area (Å²) in [6, 6.07) is 0. The Morgan fingerprint density at radius 2 is 0.0667 bits per heavy atom. The van der Waals surface area contributed by atoms with Gasteiger partial charge in [0.2, 0.25) is 0 Å². The van der Waals surface area contributed by atoms with Gasteiger partial charge in [0.05, 0.1) is 0 Å². The Morgan fingerprint density at radius 3 is 0.0667 bits per heavy atom. The fourth-order valence-electron chi connectivity index (χ4n) is 0. The fraction of sp³-hybridized carbons (Fsp3) is 0. The maximum absolute atomic E-state index is 0. The molecular weight excluding hydrogens is 1030 g/mol. The summed E-state index contributed by atoms with van der Waals surface area (Å²) in [5, 5.41) is 0. The molecule has 0 radical (unpaired) electrons. The average Bonchev–Trinajstić information content (AvgIpc) is 0. The van der Waals surface area contributed by atoms with Gasteiger partial charge in [-0.05, 0) is 0 Å². The van der Waals surface area contributed by atoms with Gasteiger partial charge in [-0.3, -0.25) is 0 Å². The van der Waals surface area contributed by atoms with E-state index in [0.29, 0.717) is 0 Å². The molecule has 240 valence electrons. The fourth-order valence-corrected chi connectivity index (χ4v) is 0. The van der Waals surface area contributed by atoms with E-state index in [2.05, 4.69) is 0 Å². The van der Waals surface area contributed by atoms with Crippen molar-refractivity contribution < 1.29 is 406 Å². The second-order valence-corrected chi connectivity index (χ2v) is 0. The summed E-state index contributed by atoms with van der Waals surface area (Å²) in [7, 11) is 0. The molecule has 45 heavy (non-hydrogen) atoms. The van der Waals surface area contributed by atoms with E-state index in [4.69, 9.17) is 0 Å². The van der Waals surface area contributed by atoms with Gasteiger partial charge in [0, 0.05) is 0 Å². The minimum atomic E-state index is 0. The summed E-state index contributed by atoms with van der Waals surface area (Å²) in [5.74, 6) is 0. The van der Waals surface area contributed by atoms with Crippen molar-refractivity contribution in [2.24, 2.45) is 0 Å². The van der Waals surface area contributed by atoms with Crippen molar-refractivity contribution in [1.29, 1.82) is 0 Å². The van der Waals surface area contributed by atoms with E-state index >= 15 is 0 Å². The first-order valence-electron chi connectivity index (χ1n) is 0. The summed E-state index contributed by atoms with van der Waals surface area (Å²) < 4.78 is 0. The molecule has 0 aliphatic rings. The minimum Gasteiger partial charge on any atom is -1.00 e. The molecule has 0 aliphatic heterocycles. The first-order valence-corrected chi connectivity index (χ1v) is 0. The van der Waals surface area contributed by atoms with Crippen LogP contribution >= 0.6 is 310 Å². The first kappa shape index (κ1) is 696. The van der Waals surface area contributed by atoms with E-state index in [1.165, 1.54) is 0 Å². The van der Waals surface area contributed by atoms with Crippen LogP contribution in [0.25, 0.3) is 0 Å². The van der Waals surface area contributed by atoms with Crippen LogP contribution in [0.1, 0.15) is 28.5 Å². The predicted molar refractivity (Wildman–Crippen MR) is 203 cm³/mol. The zero-order valence-electron chi connectivity index (χ0n) is 50.2. The molecule has 0 heterocycles. The molecule has 45 heteroatoms. The standard InChI is InChI=1S/25ClH.20Li.20H/h25*1H;;;;;;;;;;;;;;;;;;;;;;;;;;;;;;;;;;;;;;;;/q;;;;;;;;;;;;;;;;;;;;;;;;;20*+1;20*-1. The van der Waals surface area contributed by atoms with E-state index < -0.39 is 0 Å². The molecule has 0 aliphatic carbocycles. The Hall–Kier alpha value is 19.2. The van der Waals surface area contributed by atoms with Crippen LogP contribution in [0.4, 0.5) is 0 Å². The Morgan fingerprint density at radius 1 is 0.0667 bits per heavy atom. The van der Waals surface area contributed by atoms with Crippen molar-refractivity contribution in [2.45, 2.75) is 0 Å². The molecule has 0 atom stereocenters. The molecule has 0 aromatic rings. The van der Waals surface area contributed by atoms with Crippen molar-refractivity contribution >= 4 is 310 Å². The van der Waals surface area contributed by atoms with Crippen molar-refractivity contribution in [3.63, 3.8) is 0 Å². The number of halogens is 25. The van der Waals surface area contributed by atoms with Gasteiger partial charge in [0.25, 0.3) is 0 Å². The molecule has 0 saturated heterocycles. The summed E-state index contributed by atoms with van der Waals surface area (Å²) in [5.41, 5.74) is 0. The maximum Gasteiger partial charge on any atom is 1.00 e. The van der Waals surface area contributed by atoms with Crippen molar-refractivity contribution in [3.05, 3.63) is 0 Å². The SMILES string of the molecule is Cl.Cl.Cl.Cl.Cl.Cl.Cl.Cl.Cl.Cl.Cl.Cl.Cl.Cl.Cl.Cl.Cl.Cl.Cl.Cl.Cl.Cl.Cl.Cl.Cl.[H-].[H-].[H-].[H-].[H-].[H-].[H-].[H-].[H-].[H-].[H-].[H-].[H-].[H-].[H-].[H-].[H-].[H-].[H-].[H-].[Li+].[Li+].[Li+].[Li+].[Li+].[Li+].[Li+].[Li+].[Li+].[Li+].[Li+].[Li+].[Li+].[Li+].[Li+].[Li+].[Li+].[Li+].[Li+].[Li+]. The second-order valence-electron chi connectivity index (χ2n) is 0. The van der Waals surface area contributed by atoms with E-state index in [1.54, 1.807) is 0 Å². The summed E-state index contributed by atoms with van der Waals surface area (Å²) >= 11 is 0. The zero-order chi connectivity index (χ0) is 0. The maximum atomic E-state index is 0. The van der Waals surface area contributed by atoms with Crippen LogP contribution < -0.4 is 377 Å². The van der Waals surface area contributed by atoms with E-state index in [0.717, 1.165) is 0 Å². The van der Waals surface area contributed by atoms with Crippen molar-refractivity contribution in [2.75, 3.05) is 0 Å². The Labute approximate surface area is 701 Å². The molecule has 0 fully saturated rings. The van der Waals surface area contributed by atoms with Crippen molar-refractivity contribution in [1.82, 2.24) is 0 Å². The third kappa shape index (κ3) is 642. The number of hydrogen-bond donors (Lipinski definition) is 0. The van der Waals surface area contributed by atoms with Crippen LogP contribution in [0.3, 0.4) is 0 Å². The summed E-state index contributed by atoms with van der Waals surface area (Å²) in [6.07, 6.45) is 0. The van der Waals surface area contributed by atoms with Gasteiger partial charge in [0.15, 0.2) is 0 Å². The molecule has 0 aromatic carbocycles. The number of hydrogen-bond acceptors (Lipinski definition) is 0. The van der Waals surface area contributed by atoms with Crippen molar-refractivity contribution in [3.8, 4) is 0 Å². The molecule has 0 spiro atoms. The third-order valence-corrected chi connectivity index (χ3v) is 0. The zero-order valence-corrected chi connectivity index (χ0v) is 50.6. The Bertz CT molecular complexity index is 102. The minimum absolute atomic E-state index is 0. The molecule has 0 rings (SSSR count). The van der Waals surface area contributed by atoms with Crippen LogP contribution in [0.15, 0.2) is 0 Å². The van der Waals surface area contributed by atoms with Crippen LogP contribution in [-0.2, 0) is 0 Å². The molecule has 0 unspecified atom stereocenters. The van der Waals surface area contributed by atoms with E-state index in [-0.39, 0.29) is 716 Å². The topological polar surface area (TPSA) is 0 Å². The van der Waals surface area contributed by atoms with Gasteiger partial charge in [-0.25, -0.2) is 0 Å². The molecule has 0 bridgehead atoms. The number of rotatable bonds is 0. The largest absolute Gasteiger partial charge is 1.00 e. The van der Waals surface area contributed by atoms with Gasteiger partial charge < -0.3 is 28.5 Å². The smallest absolute Gasteiger partial charge is 1.00 e. The molecule has 0 aromatic heterocycles. The molecular formula is H45Cl25Li20. The van der Waals surface area contributed by atoms with Gasteiger partial charge in [-0.15, -0.1) is 310 Å². The normalized spacial score (nSPS) is 0. The summed E-state index contributed by atoms with van der Waals surface area (Å²) in [6.45, 7) is 0. The Balaban J connectivity index is 0. The van der Waals surface area contributed by atoms with Gasteiger partial charge in [0.1, 0.15) is 0 Å². The van der Waals surface area contributed by atoms with Gasteiger partial charge >= 0.3 is 377 Å². The molecule has 0 N–H and O–H groups in total. The average molecular weight is 1070 g/mol. The molecule has 0 amide bonds. The quantitative estimate of drug-likeness (QED) is 0.212. The molecule has 0 nitrogen and oxygen atoms in total.